The van der Waals surface area contributed by atoms with Crippen molar-refractivity contribution in [3.8, 4) is 11.4 Å². The average molecular weight is 496 g/mol. The molecule has 12 heteroatoms. The topological polar surface area (TPSA) is 112 Å². The van der Waals surface area contributed by atoms with Crippen molar-refractivity contribution in [3.63, 3.8) is 0 Å². The normalized spacial score (nSPS) is 10.8. The van der Waals surface area contributed by atoms with Crippen LogP contribution in [0.2, 0.25) is 10.0 Å². The molecule has 3 rings (SSSR count). The summed E-state index contributed by atoms with van der Waals surface area (Å²) in [5.74, 6) is 0.308. The van der Waals surface area contributed by atoms with Gasteiger partial charge in [0.15, 0.2) is 11.0 Å². The first-order chi connectivity index (χ1) is 15.4. The molecule has 0 unspecified atom stereocenters. The summed E-state index contributed by atoms with van der Waals surface area (Å²) in [6.07, 6.45) is 0.726. The lowest BCUT2D eigenvalue weighted by molar-refractivity contribution is -0.384. The lowest BCUT2D eigenvalue weighted by Gasteiger charge is -2.11. The number of hydrogen-bond donors (Lipinski definition) is 1. The molecule has 1 aromatic heterocycles. The Morgan fingerprint density at radius 1 is 1.22 bits per heavy atom. The minimum atomic E-state index is -0.555. The van der Waals surface area contributed by atoms with Gasteiger partial charge in [0, 0.05) is 38.0 Å². The molecule has 0 saturated carbocycles. The maximum atomic E-state index is 12.4. The standard InChI is InChI=1S/C20H19Cl2N5O4S/c1-31-10-4-9-26-19(14-5-2-3-6-15(14)21)24-25-20(26)32-12-18(28)23-17-8-7-13(27(29)30)11-16(17)22/h2-3,5-8,11H,4,9-10,12H2,1H3,(H,23,28). The summed E-state index contributed by atoms with van der Waals surface area (Å²) < 4.78 is 7.04. The maximum absolute atomic E-state index is 12.4. The number of nitro benzene ring substituents is 1. The second kappa shape index (κ2) is 11.3. The molecule has 2 aromatic carbocycles. The third-order valence-electron chi connectivity index (χ3n) is 4.33. The number of carbonyl (C=O) groups excluding carboxylic acids is 1. The van der Waals surface area contributed by atoms with E-state index < -0.39 is 4.92 Å². The van der Waals surface area contributed by atoms with Crippen molar-refractivity contribution in [1.29, 1.82) is 0 Å². The van der Waals surface area contributed by atoms with Crippen molar-refractivity contribution in [3.05, 3.63) is 62.6 Å². The number of non-ortho nitro benzene ring substituents is 1. The molecule has 0 fully saturated rings. The van der Waals surface area contributed by atoms with Crippen molar-refractivity contribution >= 4 is 52.2 Å². The van der Waals surface area contributed by atoms with Gasteiger partial charge in [-0.05, 0) is 24.6 Å². The van der Waals surface area contributed by atoms with Gasteiger partial charge >= 0.3 is 0 Å². The van der Waals surface area contributed by atoms with Crippen molar-refractivity contribution in [2.45, 2.75) is 18.1 Å². The van der Waals surface area contributed by atoms with E-state index in [1.807, 2.05) is 22.8 Å². The van der Waals surface area contributed by atoms with Crippen molar-refractivity contribution < 1.29 is 14.5 Å². The summed E-state index contributed by atoms with van der Waals surface area (Å²) in [6, 6.07) is 11.2. The highest BCUT2D eigenvalue weighted by molar-refractivity contribution is 7.99. The Labute approximate surface area is 198 Å². The van der Waals surface area contributed by atoms with Crippen molar-refractivity contribution in [2.24, 2.45) is 0 Å². The number of amides is 1. The number of ether oxygens (including phenoxy) is 1. The zero-order valence-electron chi connectivity index (χ0n) is 17.0. The van der Waals surface area contributed by atoms with Gasteiger partial charge in [-0.25, -0.2) is 0 Å². The number of aromatic nitrogens is 3. The van der Waals surface area contributed by atoms with Gasteiger partial charge in [-0.3, -0.25) is 14.9 Å². The quantitative estimate of drug-likeness (QED) is 0.183. The number of nitrogens with zero attached hydrogens (tertiary/aromatic N) is 4. The number of benzene rings is 2. The summed E-state index contributed by atoms with van der Waals surface area (Å²) in [7, 11) is 1.63. The molecule has 1 N–H and O–H groups in total. The smallest absolute Gasteiger partial charge is 0.271 e. The van der Waals surface area contributed by atoms with Gasteiger partial charge in [-0.1, -0.05) is 47.1 Å². The summed E-state index contributed by atoms with van der Waals surface area (Å²) in [4.78, 5) is 22.7. The Kier molecular flexibility index (Phi) is 8.46. The van der Waals surface area contributed by atoms with Crippen LogP contribution in [0.15, 0.2) is 47.6 Å². The highest BCUT2D eigenvalue weighted by atomic mass is 35.5. The fraction of sp³-hybridized carbons (Fsp3) is 0.250. The number of rotatable bonds is 10. The molecule has 0 atom stereocenters. The molecule has 0 aliphatic heterocycles. The van der Waals surface area contributed by atoms with Gasteiger partial charge in [-0.2, -0.15) is 0 Å². The third kappa shape index (κ3) is 5.98. The highest BCUT2D eigenvalue weighted by Gasteiger charge is 2.18. The number of nitrogens with one attached hydrogen (secondary N) is 1. The Hall–Kier alpha value is -2.66. The second-order valence-electron chi connectivity index (χ2n) is 6.54. The second-order valence-corrected chi connectivity index (χ2v) is 8.30. The van der Waals surface area contributed by atoms with E-state index in [1.165, 1.54) is 30.0 Å². The first-order valence-corrected chi connectivity index (χ1v) is 11.2. The molecule has 0 saturated heterocycles. The van der Waals surface area contributed by atoms with Crippen LogP contribution in [0.25, 0.3) is 11.4 Å². The Balaban J connectivity index is 1.73. The van der Waals surface area contributed by atoms with Crippen molar-refractivity contribution in [2.75, 3.05) is 24.8 Å². The van der Waals surface area contributed by atoms with Crippen LogP contribution in [-0.2, 0) is 16.1 Å². The molecule has 1 heterocycles. The van der Waals surface area contributed by atoms with E-state index in [4.69, 9.17) is 27.9 Å². The largest absolute Gasteiger partial charge is 0.385 e. The molecule has 1 amide bonds. The molecule has 3 aromatic rings. The lowest BCUT2D eigenvalue weighted by atomic mass is 10.2. The maximum Gasteiger partial charge on any atom is 0.271 e. The Bertz CT molecular complexity index is 1130. The summed E-state index contributed by atoms with van der Waals surface area (Å²) >= 11 is 13.6. The zero-order chi connectivity index (χ0) is 23.1. The molecular formula is C20H19Cl2N5O4S. The van der Waals surface area contributed by atoms with Gasteiger partial charge < -0.3 is 14.6 Å². The molecule has 168 valence electrons. The minimum absolute atomic E-state index is 0.0399. The first kappa shape index (κ1) is 24.0. The van der Waals surface area contributed by atoms with E-state index in [0.717, 1.165) is 12.0 Å². The number of hydrogen-bond acceptors (Lipinski definition) is 7. The van der Waals surface area contributed by atoms with E-state index in [9.17, 15) is 14.9 Å². The lowest BCUT2D eigenvalue weighted by Crippen LogP contribution is -2.15. The number of methoxy groups -OCH3 is 1. The predicted molar refractivity (Wildman–Crippen MR) is 124 cm³/mol. The molecular weight excluding hydrogens is 477 g/mol. The van der Waals surface area contributed by atoms with Crippen LogP contribution in [0.5, 0.6) is 0 Å². The van der Waals surface area contributed by atoms with Crippen LogP contribution in [0.4, 0.5) is 11.4 Å². The molecule has 0 radical (unpaired) electrons. The number of anilines is 1. The fourth-order valence-electron chi connectivity index (χ4n) is 2.84. The van der Waals surface area contributed by atoms with E-state index in [2.05, 4.69) is 15.5 Å². The number of thioether (sulfide) groups is 1. The Morgan fingerprint density at radius 3 is 2.69 bits per heavy atom. The van der Waals surface area contributed by atoms with Crippen LogP contribution in [0.3, 0.4) is 0 Å². The minimum Gasteiger partial charge on any atom is -0.385 e. The highest BCUT2D eigenvalue weighted by Crippen LogP contribution is 2.30. The third-order valence-corrected chi connectivity index (χ3v) is 5.94. The van der Waals surface area contributed by atoms with Crippen molar-refractivity contribution in [1.82, 2.24) is 14.8 Å². The van der Waals surface area contributed by atoms with Gasteiger partial charge in [0.25, 0.3) is 5.69 Å². The van der Waals surface area contributed by atoms with Gasteiger partial charge in [0.1, 0.15) is 0 Å². The van der Waals surface area contributed by atoms with E-state index in [1.54, 1.807) is 13.2 Å². The zero-order valence-corrected chi connectivity index (χ0v) is 19.3. The molecule has 0 aliphatic rings. The van der Waals surface area contributed by atoms with Gasteiger partial charge in [0.05, 0.1) is 26.4 Å². The van der Waals surface area contributed by atoms with E-state index in [-0.39, 0.29) is 22.4 Å². The molecule has 0 bridgehead atoms. The monoisotopic (exact) mass is 495 g/mol. The van der Waals surface area contributed by atoms with Crippen LogP contribution >= 0.6 is 35.0 Å². The van der Waals surface area contributed by atoms with Crippen LogP contribution in [0, 0.1) is 10.1 Å². The first-order valence-electron chi connectivity index (χ1n) is 9.44. The average Bonchev–Trinajstić information content (AvgIpc) is 3.16. The summed E-state index contributed by atoms with van der Waals surface area (Å²) in [6.45, 7) is 1.14. The Morgan fingerprint density at radius 2 is 2.00 bits per heavy atom. The molecule has 0 aliphatic carbocycles. The van der Waals surface area contributed by atoms with E-state index >= 15 is 0 Å². The molecule has 0 spiro atoms. The molecule has 9 nitrogen and oxygen atoms in total. The fourth-order valence-corrected chi connectivity index (χ4v) is 4.05. The summed E-state index contributed by atoms with van der Waals surface area (Å²) in [5, 5.41) is 23.2. The SMILES string of the molecule is COCCCn1c(SCC(=O)Nc2ccc([N+](=O)[O-])cc2Cl)nnc1-c1ccccc1Cl. The number of halogens is 2. The number of nitro groups is 1. The van der Waals surface area contributed by atoms with Crippen LogP contribution < -0.4 is 5.32 Å². The van der Waals surface area contributed by atoms with Gasteiger partial charge in [-0.15, -0.1) is 10.2 Å². The van der Waals surface area contributed by atoms with Crippen LogP contribution in [-0.4, -0.2) is 45.1 Å². The number of carbonyl (C=O) groups is 1. The molecule has 32 heavy (non-hydrogen) atoms. The summed E-state index contributed by atoms with van der Waals surface area (Å²) in [5.41, 5.74) is 0.882. The van der Waals surface area contributed by atoms with Crippen LogP contribution in [0.1, 0.15) is 6.42 Å². The van der Waals surface area contributed by atoms with E-state index in [0.29, 0.717) is 34.8 Å². The van der Waals surface area contributed by atoms with Gasteiger partial charge in [0.2, 0.25) is 5.91 Å². The predicted octanol–water partition coefficient (Wildman–Crippen LogP) is 4.93.